The maximum absolute atomic E-state index is 11.5. The molecule has 2 saturated heterocycles. The Kier molecular flexibility index (Phi) is 3.76. The third-order valence-corrected chi connectivity index (χ3v) is 4.79. The SMILES string of the molecule is CCC(C)N1CCC2(CCCN(C(C)=O)C2)C1. The highest BCUT2D eigenvalue weighted by Crippen LogP contribution is 2.39. The van der Waals surface area contributed by atoms with E-state index in [1.807, 2.05) is 0 Å². The molecule has 1 spiro atoms. The molecule has 98 valence electrons. The summed E-state index contributed by atoms with van der Waals surface area (Å²) in [5.41, 5.74) is 0.410. The highest BCUT2D eigenvalue weighted by Gasteiger charge is 2.42. The van der Waals surface area contributed by atoms with Gasteiger partial charge in [0.1, 0.15) is 0 Å². The second-order valence-corrected chi connectivity index (χ2v) is 6.02. The van der Waals surface area contributed by atoms with Gasteiger partial charge >= 0.3 is 0 Å². The van der Waals surface area contributed by atoms with Crippen molar-refractivity contribution in [3.05, 3.63) is 0 Å². The summed E-state index contributed by atoms with van der Waals surface area (Å²) >= 11 is 0. The number of carbonyl (C=O) groups excluding carboxylic acids is 1. The summed E-state index contributed by atoms with van der Waals surface area (Å²) in [6.07, 6.45) is 5.01. The maximum atomic E-state index is 11.5. The van der Waals surface area contributed by atoms with Gasteiger partial charge in [-0.2, -0.15) is 0 Å². The van der Waals surface area contributed by atoms with E-state index in [-0.39, 0.29) is 5.91 Å². The monoisotopic (exact) mass is 238 g/mol. The van der Waals surface area contributed by atoms with Crippen molar-refractivity contribution in [2.45, 2.75) is 52.5 Å². The fourth-order valence-corrected chi connectivity index (χ4v) is 3.41. The first-order valence-electron chi connectivity index (χ1n) is 7.06. The molecule has 3 heteroatoms. The zero-order valence-electron chi connectivity index (χ0n) is 11.5. The molecule has 1 amide bonds. The van der Waals surface area contributed by atoms with Crippen LogP contribution in [0.2, 0.25) is 0 Å². The molecule has 0 N–H and O–H groups in total. The number of nitrogens with zero attached hydrogens (tertiary/aromatic N) is 2. The molecule has 3 nitrogen and oxygen atoms in total. The molecule has 2 rings (SSSR count). The standard InChI is InChI=1S/C14H26N2O/c1-4-12(2)15-9-7-14(10-15)6-5-8-16(11-14)13(3)17/h12H,4-11H2,1-3H3. The predicted octanol–water partition coefficient (Wildman–Crippen LogP) is 2.12. The molecule has 2 atom stereocenters. The Morgan fingerprint density at radius 2 is 2.06 bits per heavy atom. The summed E-state index contributed by atoms with van der Waals surface area (Å²) < 4.78 is 0. The van der Waals surface area contributed by atoms with Crippen LogP contribution in [0.25, 0.3) is 0 Å². The Balaban J connectivity index is 1.99. The van der Waals surface area contributed by atoms with Gasteiger partial charge in [-0.05, 0) is 39.2 Å². The van der Waals surface area contributed by atoms with Crippen molar-refractivity contribution in [3.8, 4) is 0 Å². The fraction of sp³-hybridized carbons (Fsp3) is 0.929. The summed E-state index contributed by atoms with van der Waals surface area (Å²) in [6.45, 7) is 10.7. The summed E-state index contributed by atoms with van der Waals surface area (Å²) in [5.74, 6) is 0.256. The van der Waals surface area contributed by atoms with Crippen LogP contribution < -0.4 is 0 Å². The highest BCUT2D eigenvalue weighted by atomic mass is 16.2. The molecular formula is C14H26N2O. The van der Waals surface area contributed by atoms with Crippen LogP contribution in [0.5, 0.6) is 0 Å². The van der Waals surface area contributed by atoms with Crippen molar-refractivity contribution < 1.29 is 4.79 Å². The minimum absolute atomic E-state index is 0.256. The second kappa shape index (κ2) is 4.97. The number of likely N-dealkylation sites (tertiary alicyclic amines) is 2. The van der Waals surface area contributed by atoms with Gasteiger partial charge < -0.3 is 9.80 Å². The minimum Gasteiger partial charge on any atom is -0.342 e. The molecule has 17 heavy (non-hydrogen) atoms. The minimum atomic E-state index is 0.256. The van der Waals surface area contributed by atoms with Gasteiger partial charge in [-0.1, -0.05) is 6.92 Å². The van der Waals surface area contributed by atoms with Crippen LogP contribution in [0.15, 0.2) is 0 Å². The third kappa shape index (κ3) is 2.65. The van der Waals surface area contributed by atoms with Gasteiger partial charge in [-0.15, -0.1) is 0 Å². The van der Waals surface area contributed by atoms with E-state index in [1.54, 1.807) is 6.92 Å². The lowest BCUT2D eigenvalue weighted by molar-refractivity contribution is -0.132. The van der Waals surface area contributed by atoms with Crippen LogP contribution in [0, 0.1) is 5.41 Å². The number of hydrogen-bond donors (Lipinski definition) is 0. The lowest BCUT2D eigenvalue weighted by Crippen LogP contribution is -2.47. The van der Waals surface area contributed by atoms with Gasteiger partial charge in [0.25, 0.3) is 0 Å². The zero-order valence-corrected chi connectivity index (χ0v) is 11.5. The van der Waals surface area contributed by atoms with Gasteiger partial charge in [0.2, 0.25) is 5.91 Å². The molecular weight excluding hydrogens is 212 g/mol. The summed E-state index contributed by atoms with van der Waals surface area (Å²) in [5, 5.41) is 0. The van der Waals surface area contributed by atoms with Crippen molar-refractivity contribution in [1.29, 1.82) is 0 Å². The Hall–Kier alpha value is -0.570. The molecule has 0 aromatic carbocycles. The van der Waals surface area contributed by atoms with E-state index in [4.69, 9.17) is 0 Å². The van der Waals surface area contributed by atoms with E-state index < -0.39 is 0 Å². The lowest BCUT2D eigenvalue weighted by Gasteiger charge is -2.40. The number of rotatable bonds is 2. The van der Waals surface area contributed by atoms with Crippen LogP contribution in [-0.4, -0.2) is 47.9 Å². The average Bonchev–Trinajstić information content (AvgIpc) is 2.72. The van der Waals surface area contributed by atoms with E-state index >= 15 is 0 Å². The van der Waals surface area contributed by atoms with E-state index in [1.165, 1.54) is 38.8 Å². The number of hydrogen-bond acceptors (Lipinski definition) is 2. The fourth-order valence-electron chi connectivity index (χ4n) is 3.41. The Bertz CT molecular complexity index is 292. The molecule has 2 unspecified atom stereocenters. The highest BCUT2D eigenvalue weighted by molar-refractivity contribution is 5.73. The van der Waals surface area contributed by atoms with E-state index in [2.05, 4.69) is 23.6 Å². The summed E-state index contributed by atoms with van der Waals surface area (Å²) in [6, 6.07) is 0.696. The Labute approximate surface area is 105 Å². The quantitative estimate of drug-likeness (QED) is 0.735. The molecule has 2 aliphatic rings. The van der Waals surface area contributed by atoms with Gasteiger partial charge in [0.05, 0.1) is 0 Å². The molecule has 0 saturated carbocycles. The first-order valence-corrected chi connectivity index (χ1v) is 7.06. The topological polar surface area (TPSA) is 23.6 Å². The molecule has 0 radical (unpaired) electrons. The van der Waals surface area contributed by atoms with Crippen LogP contribution in [0.4, 0.5) is 0 Å². The van der Waals surface area contributed by atoms with Crippen molar-refractivity contribution in [2.75, 3.05) is 26.2 Å². The van der Waals surface area contributed by atoms with Gasteiger partial charge in [0, 0.05) is 38.0 Å². The first kappa shape index (κ1) is 12.9. The lowest BCUT2D eigenvalue weighted by atomic mass is 9.79. The Morgan fingerprint density at radius 1 is 1.29 bits per heavy atom. The van der Waals surface area contributed by atoms with E-state index in [0.717, 1.165) is 13.1 Å². The van der Waals surface area contributed by atoms with Crippen molar-refractivity contribution >= 4 is 5.91 Å². The van der Waals surface area contributed by atoms with E-state index in [0.29, 0.717) is 11.5 Å². The van der Waals surface area contributed by atoms with Crippen LogP contribution in [0.1, 0.15) is 46.5 Å². The molecule has 0 aromatic rings. The van der Waals surface area contributed by atoms with Gasteiger partial charge in [-0.3, -0.25) is 4.79 Å². The third-order valence-electron chi connectivity index (χ3n) is 4.79. The van der Waals surface area contributed by atoms with Gasteiger partial charge in [0.15, 0.2) is 0 Å². The summed E-state index contributed by atoms with van der Waals surface area (Å²) in [4.78, 5) is 16.2. The van der Waals surface area contributed by atoms with Crippen LogP contribution >= 0.6 is 0 Å². The molecule has 0 bridgehead atoms. The van der Waals surface area contributed by atoms with Crippen LogP contribution in [0.3, 0.4) is 0 Å². The molecule has 2 aliphatic heterocycles. The second-order valence-electron chi connectivity index (χ2n) is 6.02. The van der Waals surface area contributed by atoms with E-state index in [9.17, 15) is 4.79 Å². The summed E-state index contributed by atoms with van der Waals surface area (Å²) in [7, 11) is 0. The normalized spacial score (nSPS) is 32.1. The maximum Gasteiger partial charge on any atom is 0.219 e. The average molecular weight is 238 g/mol. The van der Waals surface area contributed by atoms with Crippen LogP contribution in [-0.2, 0) is 4.79 Å². The first-order chi connectivity index (χ1) is 8.06. The van der Waals surface area contributed by atoms with Crippen molar-refractivity contribution in [3.63, 3.8) is 0 Å². The molecule has 2 heterocycles. The smallest absolute Gasteiger partial charge is 0.219 e. The van der Waals surface area contributed by atoms with Crippen molar-refractivity contribution in [2.24, 2.45) is 5.41 Å². The predicted molar refractivity (Wildman–Crippen MR) is 69.9 cm³/mol. The number of carbonyl (C=O) groups is 1. The zero-order chi connectivity index (χ0) is 12.5. The largest absolute Gasteiger partial charge is 0.342 e. The Morgan fingerprint density at radius 3 is 2.71 bits per heavy atom. The molecule has 2 fully saturated rings. The molecule has 0 aromatic heterocycles. The molecule has 0 aliphatic carbocycles. The number of amides is 1. The van der Waals surface area contributed by atoms with Crippen molar-refractivity contribution in [1.82, 2.24) is 9.80 Å². The number of piperidine rings is 1. The van der Waals surface area contributed by atoms with Gasteiger partial charge in [-0.25, -0.2) is 0 Å².